The van der Waals surface area contributed by atoms with Crippen molar-refractivity contribution in [2.45, 2.75) is 0 Å². The fraction of sp³-hybridized carbons (Fsp3) is 0. The van der Waals surface area contributed by atoms with Crippen LogP contribution in [0.25, 0.3) is 121 Å². The summed E-state index contributed by atoms with van der Waals surface area (Å²) in [5, 5.41) is 10.5. The zero-order valence-corrected chi connectivity index (χ0v) is 28.3. The van der Waals surface area contributed by atoms with Gasteiger partial charge in [0.1, 0.15) is 0 Å². The zero-order chi connectivity index (χ0) is 33.9. The lowest BCUT2D eigenvalue weighted by atomic mass is 9.90. The molecule has 52 heavy (non-hydrogen) atoms. The van der Waals surface area contributed by atoms with E-state index in [1.807, 2.05) is 0 Å². The summed E-state index contributed by atoms with van der Waals surface area (Å²) >= 11 is 0. The van der Waals surface area contributed by atoms with Crippen LogP contribution >= 0.6 is 0 Å². The first-order chi connectivity index (χ1) is 25.8. The second-order valence-corrected chi connectivity index (χ2v) is 14.4. The predicted molar refractivity (Wildman–Crippen MR) is 222 cm³/mol. The third-order valence-corrected chi connectivity index (χ3v) is 11.8. The molecule has 0 atom stereocenters. The van der Waals surface area contributed by atoms with Crippen LogP contribution in [-0.2, 0) is 0 Å². The summed E-state index contributed by atoms with van der Waals surface area (Å²) in [6.07, 6.45) is 0. The number of rotatable bonds is 3. The molecule has 0 heteroatoms. The van der Waals surface area contributed by atoms with Gasteiger partial charge < -0.3 is 0 Å². The van der Waals surface area contributed by atoms with Gasteiger partial charge in [0.05, 0.1) is 0 Å². The molecule has 0 fully saturated rings. The van der Waals surface area contributed by atoms with Gasteiger partial charge in [0.15, 0.2) is 0 Å². The molecule has 0 nitrogen and oxygen atoms in total. The van der Waals surface area contributed by atoms with Gasteiger partial charge >= 0.3 is 0 Å². The molecule has 0 saturated carbocycles. The molecule has 0 aliphatic heterocycles. The summed E-state index contributed by atoms with van der Waals surface area (Å²) in [6, 6.07) is 68.0. The Labute approximate surface area is 301 Å². The van der Waals surface area contributed by atoms with Crippen LogP contribution in [-0.4, -0.2) is 0 Å². The second kappa shape index (κ2) is 10.4. The van der Waals surface area contributed by atoms with Gasteiger partial charge in [0.2, 0.25) is 0 Å². The summed E-state index contributed by atoms with van der Waals surface area (Å²) in [4.78, 5) is 0. The maximum atomic E-state index is 2.41. The molecule has 10 aromatic rings. The number of hydrogen-bond acceptors (Lipinski definition) is 0. The molecule has 0 radical (unpaired) electrons. The molecule has 0 aromatic heterocycles. The number of hydrogen-bond donors (Lipinski definition) is 0. The summed E-state index contributed by atoms with van der Waals surface area (Å²) in [5.41, 5.74) is 18.2. The van der Waals surface area contributed by atoms with Crippen LogP contribution in [0, 0.1) is 0 Å². The van der Waals surface area contributed by atoms with E-state index in [1.165, 1.54) is 121 Å². The Balaban J connectivity index is 0.983. The minimum atomic E-state index is 1.25. The van der Waals surface area contributed by atoms with Gasteiger partial charge in [-0.15, -0.1) is 0 Å². The normalized spacial score (nSPS) is 12.2. The highest BCUT2D eigenvalue weighted by molar-refractivity contribution is 6.21. The van der Waals surface area contributed by atoms with Gasteiger partial charge in [0.25, 0.3) is 0 Å². The van der Waals surface area contributed by atoms with E-state index in [9.17, 15) is 0 Å². The fourth-order valence-electron chi connectivity index (χ4n) is 9.38. The van der Waals surface area contributed by atoms with Crippen LogP contribution in [0.3, 0.4) is 0 Å². The third-order valence-electron chi connectivity index (χ3n) is 11.8. The van der Waals surface area contributed by atoms with E-state index in [4.69, 9.17) is 0 Å². The summed E-state index contributed by atoms with van der Waals surface area (Å²) in [6.45, 7) is 0. The highest BCUT2D eigenvalue weighted by atomic mass is 14.3. The standard InChI is InChI=1S/C52H30/c1-2-8-31(9-3-1)33-20-23-42-48-27-25-38(44-13-7-15-46(52(44)48)50(42)29-33)36-19-17-32-16-18-34-28-35(21-22-39(34)49(32)30-36)37-24-26-47-41-11-5-4-10-40(41)45-14-6-12-43(37)51(45)47/h1-30H. The van der Waals surface area contributed by atoms with Crippen molar-refractivity contribution >= 4 is 43.1 Å². The molecule has 2 aliphatic rings. The van der Waals surface area contributed by atoms with E-state index in [-0.39, 0.29) is 0 Å². The average molecular weight is 655 g/mol. The molecule has 0 heterocycles. The van der Waals surface area contributed by atoms with Crippen LogP contribution in [0.1, 0.15) is 0 Å². The van der Waals surface area contributed by atoms with Crippen LogP contribution in [0.5, 0.6) is 0 Å². The van der Waals surface area contributed by atoms with Crippen molar-refractivity contribution in [3.05, 3.63) is 182 Å². The van der Waals surface area contributed by atoms with Crippen LogP contribution in [0.15, 0.2) is 182 Å². The topological polar surface area (TPSA) is 0 Å². The molecule has 12 rings (SSSR count). The Morgan fingerprint density at radius 3 is 1.42 bits per heavy atom. The Hall–Kier alpha value is -6.76. The lowest BCUT2D eigenvalue weighted by Crippen LogP contribution is -1.86. The van der Waals surface area contributed by atoms with Crippen molar-refractivity contribution in [3.63, 3.8) is 0 Å². The Kier molecular flexibility index (Phi) is 5.59. The van der Waals surface area contributed by atoms with Gasteiger partial charge in [-0.2, -0.15) is 0 Å². The lowest BCUT2D eigenvalue weighted by Gasteiger charge is -2.13. The predicted octanol–water partition coefficient (Wildman–Crippen LogP) is 14.6. The maximum Gasteiger partial charge on any atom is -0.00201 e. The van der Waals surface area contributed by atoms with E-state index in [2.05, 4.69) is 182 Å². The van der Waals surface area contributed by atoms with Gasteiger partial charge in [-0.25, -0.2) is 0 Å². The molecule has 0 unspecified atom stereocenters. The highest BCUT2D eigenvalue weighted by Gasteiger charge is 2.24. The summed E-state index contributed by atoms with van der Waals surface area (Å²) in [5.74, 6) is 0. The Bertz CT molecular complexity index is 3130. The summed E-state index contributed by atoms with van der Waals surface area (Å²) in [7, 11) is 0. The first kappa shape index (κ1) is 28.0. The fourth-order valence-corrected chi connectivity index (χ4v) is 9.38. The van der Waals surface area contributed by atoms with E-state index >= 15 is 0 Å². The Morgan fingerprint density at radius 2 is 0.692 bits per heavy atom. The Morgan fingerprint density at radius 1 is 0.192 bits per heavy atom. The van der Waals surface area contributed by atoms with E-state index in [1.54, 1.807) is 0 Å². The van der Waals surface area contributed by atoms with E-state index < -0.39 is 0 Å². The minimum Gasteiger partial charge on any atom is -0.0622 e. The van der Waals surface area contributed by atoms with Crippen LogP contribution in [0.4, 0.5) is 0 Å². The van der Waals surface area contributed by atoms with Gasteiger partial charge in [-0.1, -0.05) is 164 Å². The number of fused-ring (bicyclic) bond motifs is 9. The van der Waals surface area contributed by atoms with Gasteiger partial charge in [-0.05, 0) is 139 Å². The van der Waals surface area contributed by atoms with Gasteiger partial charge in [0, 0.05) is 0 Å². The van der Waals surface area contributed by atoms with Crippen molar-refractivity contribution in [2.75, 3.05) is 0 Å². The summed E-state index contributed by atoms with van der Waals surface area (Å²) < 4.78 is 0. The molecular weight excluding hydrogens is 625 g/mol. The highest BCUT2D eigenvalue weighted by Crippen LogP contribution is 2.51. The van der Waals surface area contributed by atoms with Crippen molar-refractivity contribution < 1.29 is 0 Å². The molecule has 10 aromatic carbocycles. The molecule has 0 amide bonds. The quantitative estimate of drug-likeness (QED) is 0.166. The smallest absolute Gasteiger partial charge is 0.00201 e. The molecule has 238 valence electrons. The first-order valence-electron chi connectivity index (χ1n) is 18.2. The van der Waals surface area contributed by atoms with Crippen molar-refractivity contribution in [1.82, 2.24) is 0 Å². The molecule has 2 aliphatic carbocycles. The molecule has 0 N–H and O–H groups in total. The minimum absolute atomic E-state index is 1.25. The van der Waals surface area contributed by atoms with Crippen molar-refractivity contribution in [2.24, 2.45) is 0 Å². The molecule has 0 saturated heterocycles. The largest absolute Gasteiger partial charge is 0.0622 e. The van der Waals surface area contributed by atoms with Gasteiger partial charge in [-0.3, -0.25) is 0 Å². The second-order valence-electron chi connectivity index (χ2n) is 14.4. The molecule has 0 spiro atoms. The maximum absolute atomic E-state index is 2.41. The monoisotopic (exact) mass is 654 g/mol. The average Bonchev–Trinajstić information content (AvgIpc) is 3.72. The first-order valence-corrected chi connectivity index (χ1v) is 18.2. The van der Waals surface area contributed by atoms with Crippen molar-refractivity contribution in [1.29, 1.82) is 0 Å². The van der Waals surface area contributed by atoms with Crippen molar-refractivity contribution in [3.8, 4) is 77.9 Å². The zero-order valence-electron chi connectivity index (χ0n) is 28.3. The molecule has 0 bridgehead atoms. The third kappa shape index (κ3) is 3.81. The SMILES string of the molecule is c1ccc(-c2ccc3c(c2)-c2cccc4c(-c5ccc6ccc7cc(-c8ccc9c%10c(cccc8%10)-c8ccccc8-9)ccc7c6c5)ccc-3c24)cc1. The van der Waals surface area contributed by atoms with E-state index in [0.29, 0.717) is 0 Å². The van der Waals surface area contributed by atoms with E-state index in [0.717, 1.165) is 0 Å². The number of benzene rings is 10. The van der Waals surface area contributed by atoms with Crippen LogP contribution < -0.4 is 0 Å². The van der Waals surface area contributed by atoms with Crippen LogP contribution in [0.2, 0.25) is 0 Å². The lowest BCUT2D eigenvalue weighted by molar-refractivity contribution is 1.62. The molecular formula is C52H30.